The van der Waals surface area contributed by atoms with Crippen LogP contribution in [0.1, 0.15) is 36.0 Å². The van der Waals surface area contributed by atoms with Crippen molar-refractivity contribution in [3.8, 4) is 0 Å². The highest BCUT2D eigenvalue weighted by Crippen LogP contribution is 2.37. The van der Waals surface area contributed by atoms with Gasteiger partial charge in [-0.15, -0.1) is 0 Å². The summed E-state index contributed by atoms with van der Waals surface area (Å²) in [5, 5.41) is 11.0. The summed E-state index contributed by atoms with van der Waals surface area (Å²) >= 11 is 5.92. The highest BCUT2D eigenvalue weighted by Gasteiger charge is 2.37. The van der Waals surface area contributed by atoms with Crippen molar-refractivity contribution in [3.05, 3.63) is 32.8 Å². The zero-order chi connectivity index (χ0) is 15.1. The lowest BCUT2D eigenvalue weighted by atomic mass is 10.1. The molecule has 2 aliphatic rings. The lowest BCUT2D eigenvalue weighted by Gasteiger charge is -2.22. The first kappa shape index (κ1) is 14.1. The Morgan fingerprint density at radius 1 is 1.38 bits per heavy atom. The van der Waals surface area contributed by atoms with Crippen molar-refractivity contribution >= 4 is 28.9 Å². The summed E-state index contributed by atoms with van der Waals surface area (Å²) in [6, 6.07) is 2.92. The van der Waals surface area contributed by atoms with Crippen molar-refractivity contribution in [2.75, 3.05) is 12.3 Å². The number of benzene rings is 1. The summed E-state index contributed by atoms with van der Waals surface area (Å²) in [4.78, 5) is 24.9. The summed E-state index contributed by atoms with van der Waals surface area (Å²) in [5.74, 6) is 0.392. The van der Waals surface area contributed by atoms with Crippen LogP contribution < -0.4 is 5.73 Å². The number of nitrogens with zero attached hydrogens (tertiary/aromatic N) is 2. The molecule has 0 saturated heterocycles. The first-order chi connectivity index (χ1) is 9.97. The smallest absolute Gasteiger partial charge is 0.294 e. The van der Waals surface area contributed by atoms with Crippen molar-refractivity contribution < 1.29 is 9.72 Å². The molecule has 0 atom stereocenters. The van der Waals surface area contributed by atoms with Crippen LogP contribution in [0.5, 0.6) is 0 Å². The van der Waals surface area contributed by atoms with E-state index in [4.69, 9.17) is 17.3 Å². The van der Waals surface area contributed by atoms with Crippen LogP contribution in [0.15, 0.2) is 12.1 Å². The maximum Gasteiger partial charge on any atom is 0.294 e. The van der Waals surface area contributed by atoms with E-state index in [0.717, 1.165) is 32.2 Å². The van der Waals surface area contributed by atoms with E-state index in [0.29, 0.717) is 5.92 Å². The summed E-state index contributed by atoms with van der Waals surface area (Å²) in [7, 11) is 0. The number of anilines is 1. The predicted octanol–water partition coefficient (Wildman–Crippen LogP) is 2.85. The molecule has 0 heterocycles. The van der Waals surface area contributed by atoms with Crippen LogP contribution >= 0.6 is 11.6 Å². The van der Waals surface area contributed by atoms with Crippen molar-refractivity contribution in [2.45, 2.75) is 31.7 Å². The molecule has 0 radical (unpaired) electrons. The first-order valence-corrected chi connectivity index (χ1v) is 7.39. The molecule has 7 heteroatoms. The molecule has 0 unspecified atom stereocenters. The Morgan fingerprint density at radius 3 is 2.57 bits per heavy atom. The lowest BCUT2D eigenvalue weighted by Crippen LogP contribution is -2.35. The molecule has 0 spiro atoms. The van der Waals surface area contributed by atoms with Gasteiger partial charge in [-0.25, -0.2) is 0 Å². The lowest BCUT2D eigenvalue weighted by molar-refractivity contribution is -0.383. The molecule has 2 saturated carbocycles. The number of hydrogen-bond donors (Lipinski definition) is 1. The Bertz CT molecular complexity index is 612. The second-order valence-corrected chi connectivity index (χ2v) is 6.19. The average molecular weight is 310 g/mol. The van der Waals surface area contributed by atoms with Gasteiger partial charge in [0.1, 0.15) is 5.69 Å². The van der Waals surface area contributed by atoms with Gasteiger partial charge in [0.25, 0.3) is 11.6 Å². The number of carbonyl (C=O) groups excluding carboxylic acids is 1. The number of rotatable bonds is 5. The van der Waals surface area contributed by atoms with Crippen molar-refractivity contribution in [2.24, 2.45) is 5.92 Å². The molecule has 1 amide bonds. The fourth-order valence-electron chi connectivity index (χ4n) is 2.41. The normalized spacial score (nSPS) is 17.6. The van der Waals surface area contributed by atoms with Crippen molar-refractivity contribution in [1.29, 1.82) is 0 Å². The first-order valence-electron chi connectivity index (χ1n) is 7.01. The third-order valence-corrected chi connectivity index (χ3v) is 4.26. The molecule has 0 bridgehead atoms. The van der Waals surface area contributed by atoms with Gasteiger partial charge in [-0.2, -0.15) is 0 Å². The van der Waals surface area contributed by atoms with Crippen LogP contribution in [0.2, 0.25) is 5.02 Å². The molecular formula is C14H16ClN3O3. The van der Waals surface area contributed by atoms with Gasteiger partial charge in [0.15, 0.2) is 0 Å². The van der Waals surface area contributed by atoms with Crippen molar-refractivity contribution in [1.82, 2.24) is 4.90 Å². The maximum atomic E-state index is 12.6. The van der Waals surface area contributed by atoms with Gasteiger partial charge < -0.3 is 10.6 Å². The van der Waals surface area contributed by atoms with E-state index >= 15 is 0 Å². The minimum atomic E-state index is -0.611. The van der Waals surface area contributed by atoms with Crippen LogP contribution in [0.3, 0.4) is 0 Å². The number of nitro groups is 1. The number of carbonyl (C=O) groups is 1. The number of nitrogens with two attached hydrogens (primary N) is 1. The molecule has 21 heavy (non-hydrogen) atoms. The van der Waals surface area contributed by atoms with Crippen LogP contribution in [0.25, 0.3) is 0 Å². The Balaban J connectivity index is 1.90. The second kappa shape index (κ2) is 5.18. The summed E-state index contributed by atoms with van der Waals surface area (Å²) in [6.45, 7) is 0.735. The predicted molar refractivity (Wildman–Crippen MR) is 79.3 cm³/mol. The molecule has 3 rings (SSSR count). The molecule has 6 nitrogen and oxygen atoms in total. The maximum absolute atomic E-state index is 12.6. The third kappa shape index (κ3) is 2.95. The molecule has 112 valence electrons. The van der Waals surface area contributed by atoms with E-state index in [9.17, 15) is 14.9 Å². The van der Waals surface area contributed by atoms with Crippen LogP contribution in [-0.2, 0) is 0 Å². The van der Waals surface area contributed by atoms with E-state index in [1.54, 1.807) is 0 Å². The largest absolute Gasteiger partial charge is 0.392 e. The van der Waals surface area contributed by atoms with Gasteiger partial charge in [-0.3, -0.25) is 14.9 Å². The molecule has 1 aromatic carbocycles. The highest BCUT2D eigenvalue weighted by molar-refractivity contribution is 6.34. The second-order valence-electron chi connectivity index (χ2n) is 5.78. The number of nitro benzene ring substituents is 1. The van der Waals surface area contributed by atoms with E-state index in [-0.39, 0.29) is 33.9 Å². The monoisotopic (exact) mass is 309 g/mol. The van der Waals surface area contributed by atoms with Gasteiger partial charge in [0.05, 0.1) is 9.95 Å². The van der Waals surface area contributed by atoms with Gasteiger partial charge >= 0.3 is 0 Å². The molecule has 2 aliphatic carbocycles. The summed E-state index contributed by atoms with van der Waals surface area (Å²) in [5.41, 5.74) is 5.43. The van der Waals surface area contributed by atoms with Gasteiger partial charge in [-0.1, -0.05) is 11.6 Å². The van der Waals surface area contributed by atoms with Crippen LogP contribution in [0.4, 0.5) is 11.4 Å². The minimum absolute atomic E-state index is 0.0507. The Hall–Kier alpha value is -1.82. The van der Waals surface area contributed by atoms with E-state index in [1.165, 1.54) is 12.1 Å². The quantitative estimate of drug-likeness (QED) is 0.514. The zero-order valence-electron chi connectivity index (χ0n) is 11.4. The third-order valence-electron chi connectivity index (χ3n) is 3.95. The molecule has 0 aliphatic heterocycles. The minimum Gasteiger partial charge on any atom is -0.392 e. The molecule has 0 aromatic heterocycles. The summed E-state index contributed by atoms with van der Waals surface area (Å²) < 4.78 is 0. The molecule has 2 N–H and O–H groups in total. The highest BCUT2D eigenvalue weighted by atomic mass is 35.5. The van der Waals surface area contributed by atoms with Crippen LogP contribution in [0, 0.1) is 16.0 Å². The average Bonchev–Trinajstić information content (AvgIpc) is 3.30. The summed E-state index contributed by atoms with van der Waals surface area (Å²) in [6.07, 6.45) is 4.31. The number of amides is 1. The fourth-order valence-corrected chi connectivity index (χ4v) is 2.62. The topological polar surface area (TPSA) is 89.5 Å². The Morgan fingerprint density at radius 2 is 2.05 bits per heavy atom. The van der Waals surface area contributed by atoms with Crippen LogP contribution in [-0.4, -0.2) is 28.3 Å². The standard InChI is InChI=1S/C14H16ClN3O3/c15-11-5-9(6-12(13(11)16)18(20)21)14(19)17(10-3-4-10)7-8-1-2-8/h5-6,8,10H,1-4,7,16H2. The van der Waals surface area contributed by atoms with Crippen molar-refractivity contribution in [3.63, 3.8) is 0 Å². The Labute approximate surface area is 127 Å². The number of halogens is 1. The fraction of sp³-hybridized carbons (Fsp3) is 0.500. The molecular weight excluding hydrogens is 294 g/mol. The van der Waals surface area contributed by atoms with E-state index in [2.05, 4.69) is 0 Å². The number of nitrogen functional groups attached to an aromatic ring is 1. The Kier molecular flexibility index (Phi) is 3.49. The molecule has 1 aromatic rings. The zero-order valence-corrected chi connectivity index (χ0v) is 12.2. The van der Waals surface area contributed by atoms with Gasteiger partial charge in [0, 0.05) is 24.2 Å². The van der Waals surface area contributed by atoms with E-state index < -0.39 is 4.92 Å². The molecule has 2 fully saturated rings. The van der Waals surface area contributed by atoms with Gasteiger partial charge in [0.2, 0.25) is 0 Å². The van der Waals surface area contributed by atoms with E-state index in [1.807, 2.05) is 4.90 Å². The van der Waals surface area contributed by atoms with Gasteiger partial charge in [-0.05, 0) is 37.7 Å². The number of hydrogen-bond acceptors (Lipinski definition) is 4. The SMILES string of the molecule is Nc1c(Cl)cc(C(=O)N(CC2CC2)C2CC2)cc1[N+](=O)[O-].